The molecule has 0 amide bonds. The van der Waals surface area contributed by atoms with Gasteiger partial charge in [0.2, 0.25) is 0 Å². The molecule has 0 aromatic heterocycles. The number of hydrogen-bond acceptors (Lipinski definition) is 3. The standard InChI is InChI=1S/C10H11ClN2O4S/c11-9-5-7(3-4-8(9)10(14)15)13-18(16,17)12-6-1-2-6/h3-6,12-13H,1-2H2,(H,14,15). The van der Waals surface area contributed by atoms with Gasteiger partial charge in [-0.25, -0.2) is 4.79 Å². The number of rotatable bonds is 5. The highest BCUT2D eigenvalue weighted by atomic mass is 35.5. The summed E-state index contributed by atoms with van der Waals surface area (Å²) in [6.45, 7) is 0. The summed E-state index contributed by atoms with van der Waals surface area (Å²) >= 11 is 5.74. The van der Waals surface area contributed by atoms with Crippen molar-refractivity contribution < 1.29 is 18.3 Å². The predicted molar refractivity (Wildman–Crippen MR) is 67.1 cm³/mol. The van der Waals surface area contributed by atoms with Crippen LogP contribution in [0.15, 0.2) is 18.2 Å². The number of carbonyl (C=O) groups is 1. The maximum Gasteiger partial charge on any atom is 0.337 e. The fourth-order valence-electron chi connectivity index (χ4n) is 1.36. The molecule has 1 fully saturated rings. The lowest BCUT2D eigenvalue weighted by molar-refractivity contribution is 0.0697. The summed E-state index contributed by atoms with van der Waals surface area (Å²) in [5, 5.41) is 8.76. The summed E-state index contributed by atoms with van der Waals surface area (Å²) in [6.07, 6.45) is 1.67. The van der Waals surface area contributed by atoms with Crippen LogP contribution >= 0.6 is 11.6 Å². The van der Waals surface area contributed by atoms with Crippen molar-refractivity contribution in [2.75, 3.05) is 4.72 Å². The van der Waals surface area contributed by atoms with Crippen molar-refractivity contribution in [2.24, 2.45) is 0 Å². The molecule has 0 bridgehead atoms. The molecule has 0 radical (unpaired) electrons. The summed E-state index contributed by atoms with van der Waals surface area (Å²) < 4.78 is 27.9. The van der Waals surface area contributed by atoms with Gasteiger partial charge >= 0.3 is 5.97 Å². The Kier molecular flexibility index (Phi) is 3.47. The molecule has 0 atom stereocenters. The fraction of sp³-hybridized carbons (Fsp3) is 0.300. The number of carboxylic acid groups (broad SMARTS) is 1. The quantitative estimate of drug-likeness (QED) is 0.765. The van der Waals surface area contributed by atoms with E-state index in [0.29, 0.717) is 0 Å². The number of nitrogens with one attached hydrogen (secondary N) is 2. The normalized spacial score (nSPS) is 15.4. The third-order valence-corrected chi connectivity index (χ3v) is 3.81. The summed E-state index contributed by atoms with van der Waals surface area (Å²) in [7, 11) is -3.63. The van der Waals surface area contributed by atoms with Crippen LogP contribution in [0.25, 0.3) is 0 Å². The van der Waals surface area contributed by atoms with E-state index in [1.807, 2.05) is 0 Å². The van der Waals surface area contributed by atoms with Crippen LogP contribution in [0.5, 0.6) is 0 Å². The maximum absolute atomic E-state index is 11.6. The molecule has 1 aromatic rings. The van der Waals surface area contributed by atoms with Gasteiger partial charge in [-0.15, -0.1) is 0 Å². The number of benzene rings is 1. The Hall–Kier alpha value is -1.31. The zero-order valence-electron chi connectivity index (χ0n) is 9.18. The molecule has 0 saturated heterocycles. The van der Waals surface area contributed by atoms with Gasteiger partial charge < -0.3 is 5.11 Å². The molecule has 0 spiro atoms. The second kappa shape index (κ2) is 4.75. The summed E-state index contributed by atoms with van der Waals surface area (Å²) in [5.41, 5.74) is 0.146. The van der Waals surface area contributed by atoms with Crippen LogP contribution in [-0.2, 0) is 10.2 Å². The highest BCUT2D eigenvalue weighted by Crippen LogP contribution is 2.23. The zero-order valence-corrected chi connectivity index (χ0v) is 10.8. The van der Waals surface area contributed by atoms with E-state index in [0.717, 1.165) is 12.8 Å². The van der Waals surface area contributed by atoms with Crippen LogP contribution in [0.3, 0.4) is 0 Å². The Morgan fingerprint density at radius 3 is 2.56 bits per heavy atom. The van der Waals surface area contributed by atoms with Crippen LogP contribution < -0.4 is 9.44 Å². The largest absolute Gasteiger partial charge is 0.478 e. The van der Waals surface area contributed by atoms with Gasteiger partial charge in [-0.05, 0) is 31.0 Å². The van der Waals surface area contributed by atoms with Crippen molar-refractivity contribution in [1.82, 2.24) is 4.72 Å². The van der Waals surface area contributed by atoms with Crippen LogP contribution in [0.4, 0.5) is 5.69 Å². The fourth-order valence-corrected chi connectivity index (χ4v) is 2.79. The molecule has 1 aromatic carbocycles. The predicted octanol–water partition coefficient (Wildman–Crippen LogP) is 1.45. The first-order valence-corrected chi connectivity index (χ1v) is 7.06. The average molecular weight is 291 g/mol. The minimum absolute atomic E-state index is 0.00346. The summed E-state index contributed by atoms with van der Waals surface area (Å²) in [6, 6.07) is 3.86. The Bertz CT molecular complexity index is 584. The topological polar surface area (TPSA) is 95.5 Å². The number of anilines is 1. The van der Waals surface area contributed by atoms with E-state index in [1.165, 1.54) is 18.2 Å². The molecule has 3 N–H and O–H groups in total. The van der Waals surface area contributed by atoms with E-state index < -0.39 is 16.2 Å². The van der Waals surface area contributed by atoms with Crippen LogP contribution in [0.2, 0.25) is 5.02 Å². The van der Waals surface area contributed by atoms with Crippen molar-refractivity contribution in [3.8, 4) is 0 Å². The van der Waals surface area contributed by atoms with Gasteiger partial charge in [-0.3, -0.25) is 4.72 Å². The molecule has 8 heteroatoms. The lowest BCUT2D eigenvalue weighted by Gasteiger charge is -2.09. The van der Waals surface area contributed by atoms with E-state index >= 15 is 0 Å². The number of hydrogen-bond donors (Lipinski definition) is 3. The molecule has 98 valence electrons. The van der Waals surface area contributed by atoms with Crippen molar-refractivity contribution >= 4 is 33.5 Å². The molecule has 2 rings (SSSR count). The minimum Gasteiger partial charge on any atom is -0.478 e. The van der Waals surface area contributed by atoms with Crippen molar-refractivity contribution in [3.63, 3.8) is 0 Å². The van der Waals surface area contributed by atoms with E-state index in [4.69, 9.17) is 16.7 Å². The molecule has 0 heterocycles. The summed E-state index contributed by atoms with van der Waals surface area (Å²) in [5.74, 6) is -1.16. The Labute approximate surface area is 109 Å². The van der Waals surface area contributed by atoms with Gasteiger partial charge in [0.25, 0.3) is 10.2 Å². The van der Waals surface area contributed by atoms with E-state index in [1.54, 1.807) is 0 Å². The van der Waals surface area contributed by atoms with E-state index in [-0.39, 0.29) is 22.3 Å². The number of carboxylic acids is 1. The average Bonchev–Trinajstić information content (AvgIpc) is 2.99. The number of aromatic carboxylic acids is 1. The Morgan fingerprint density at radius 1 is 1.39 bits per heavy atom. The SMILES string of the molecule is O=C(O)c1ccc(NS(=O)(=O)NC2CC2)cc1Cl. The third kappa shape index (κ3) is 3.34. The highest BCUT2D eigenvalue weighted by molar-refractivity contribution is 7.90. The molecule has 1 aliphatic rings. The first-order valence-electron chi connectivity index (χ1n) is 5.20. The van der Waals surface area contributed by atoms with Crippen molar-refractivity contribution in [3.05, 3.63) is 28.8 Å². The maximum atomic E-state index is 11.6. The van der Waals surface area contributed by atoms with E-state index in [9.17, 15) is 13.2 Å². The molecule has 0 unspecified atom stereocenters. The molecule has 18 heavy (non-hydrogen) atoms. The van der Waals surface area contributed by atoms with Crippen LogP contribution in [0, 0.1) is 0 Å². The van der Waals surface area contributed by atoms with Crippen molar-refractivity contribution in [1.29, 1.82) is 0 Å². The van der Waals surface area contributed by atoms with Gasteiger partial charge in [0.15, 0.2) is 0 Å². The first-order chi connectivity index (χ1) is 8.37. The van der Waals surface area contributed by atoms with Gasteiger partial charge in [-0.2, -0.15) is 13.1 Å². The number of halogens is 1. The minimum atomic E-state index is -3.63. The second-order valence-corrected chi connectivity index (χ2v) is 5.85. The summed E-state index contributed by atoms with van der Waals surface area (Å²) in [4.78, 5) is 10.7. The van der Waals surface area contributed by atoms with Gasteiger partial charge in [0, 0.05) is 6.04 Å². The molecule has 6 nitrogen and oxygen atoms in total. The Balaban J connectivity index is 2.14. The zero-order chi connectivity index (χ0) is 13.3. The first kappa shape index (κ1) is 13.1. The Morgan fingerprint density at radius 2 is 2.06 bits per heavy atom. The highest BCUT2D eigenvalue weighted by Gasteiger charge is 2.26. The molecular weight excluding hydrogens is 280 g/mol. The van der Waals surface area contributed by atoms with E-state index in [2.05, 4.69) is 9.44 Å². The molecule has 0 aliphatic heterocycles. The van der Waals surface area contributed by atoms with Crippen LogP contribution in [0.1, 0.15) is 23.2 Å². The van der Waals surface area contributed by atoms with Crippen LogP contribution in [-0.4, -0.2) is 25.5 Å². The molecule has 1 aliphatic carbocycles. The van der Waals surface area contributed by atoms with Gasteiger partial charge in [0.05, 0.1) is 16.3 Å². The molecular formula is C10H11ClN2O4S. The second-order valence-electron chi connectivity index (χ2n) is 4.00. The lowest BCUT2D eigenvalue weighted by atomic mass is 10.2. The monoisotopic (exact) mass is 290 g/mol. The smallest absolute Gasteiger partial charge is 0.337 e. The van der Waals surface area contributed by atoms with Gasteiger partial charge in [-0.1, -0.05) is 11.6 Å². The third-order valence-electron chi connectivity index (χ3n) is 2.35. The molecule has 1 saturated carbocycles. The lowest BCUT2D eigenvalue weighted by Crippen LogP contribution is -2.31. The van der Waals surface area contributed by atoms with Crippen molar-refractivity contribution in [2.45, 2.75) is 18.9 Å². The van der Waals surface area contributed by atoms with Gasteiger partial charge in [0.1, 0.15) is 0 Å².